The van der Waals surface area contributed by atoms with Gasteiger partial charge in [-0.15, -0.1) is 0 Å². The fourth-order valence-electron chi connectivity index (χ4n) is 1.87. The first kappa shape index (κ1) is 14.5. The van der Waals surface area contributed by atoms with E-state index < -0.39 is 10.8 Å². The Hall–Kier alpha value is -1.88. The zero-order valence-corrected chi connectivity index (χ0v) is 12.5. The van der Waals surface area contributed by atoms with Gasteiger partial charge in [0, 0.05) is 43.0 Å². The van der Waals surface area contributed by atoms with Crippen molar-refractivity contribution in [3.63, 3.8) is 0 Å². The molecule has 0 fully saturated rings. The third-order valence-corrected chi connectivity index (χ3v) is 4.18. The van der Waals surface area contributed by atoms with Crippen molar-refractivity contribution in [1.29, 1.82) is 0 Å². The first-order chi connectivity index (χ1) is 9.58. The van der Waals surface area contributed by atoms with Gasteiger partial charge in [-0.05, 0) is 23.8 Å². The van der Waals surface area contributed by atoms with Gasteiger partial charge in [0.2, 0.25) is 5.91 Å². The van der Waals surface area contributed by atoms with Gasteiger partial charge in [0.05, 0.1) is 5.75 Å². The Morgan fingerprint density at radius 1 is 1.15 bits per heavy atom. The van der Waals surface area contributed by atoms with Crippen molar-refractivity contribution in [2.75, 3.05) is 19.8 Å². The normalized spacial score (nSPS) is 12.1. The van der Waals surface area contributed by atoms with Crippen LogP contribution in [0.3, 0.4) is 0 Å². The van der Waals surface area contributed by atoms with Gasteiger partial charge >= 0.3 is 0 Å². The van der Waals surface area contributed by atoms with Crippen LogP contribution in [0.4, 0.5) is 0 Å². The van der Waals surface area contributed by atoms with Gasteiger partial charge in [-0.25, -0.2) is 0 Å². The predicted octanol–water partition coefficient (Wildman–Crippen LogP) is 1.81. The van der Waals surface area contributed by atoms with E-state index in [1.165, 1.54) is 4.90 Å². The molecule has 0 aliphatic carbocycles. The Kier molecular flexibility index (Phi) is 4.74. The maximum absolute atomic E-state index is 12.1. The van der Waals surface area contributed by atoms with Crippen LogP contribution in [-0.2, 0) is 21.3 Å². The van der Waals surface area contributed by atoms with Crippen molar-refractivity contribution in [2.24, 2.45) is 0 Å². The molecule has 1 heterocycles. The largest absolute Gasteiger partial charge is 0.348 e. The molecule has 2 aromatic rings. The van der Waals surface area contributed by atoms with Crippen molar-refractivity contribution in [1.82, 2.24) is 9.47 Å². The van der Waals surface area contributed by atoms with Crippen molar-refractivity contribution >= 4 is 16.7 Å². The number of benzene rings is 1. The first-order valence-electron chi connectivity index (χ1n) is 6.34. The van der Waals surface area contributed by atoms with Gasteiger partial charge in [0.1, 0.15) is 5.75 Å². The molecule has 0 aliphatic rings. The minimum Gasteiger partial charge on any atom is -0.348 e. The number of carbonyl (C=O) groups is 1. The summed E-state index contributed by atoms with van der Waals surface area (Å²) in [5, 5.41) is 0. The third-order valence-electron chi connectivity index (χ3n) is 2.97. The third kappa shape index (κ3) is 3.57. The number of amides is 1. The second-order valence-electron chi connectivity index (χ2n) is 4.74. The van der Waals surface area contributed by atoms with Crippen LogP contribution in [0.5, 0.6) is 0 Å². The van der Waals surface area contributed by atoms with Crippen molar-refractivity contribution < 1.29 is 9.00 Å². The van der Waals surface area contributed by atoms with E-state index in [0.29, 0.717) is 5.75 Å². The zero-order chi connectivity index (χ0) is 14.5. The molecule has 0 bridgehead atoms. The van der Waals surface area contributed by atoms with E-state index in [0.717, 1.165) is 11.3 Å². The van der Waals surface area contributed by atoms with Gasteiger partial charge in [0.25, 0.3) is 0 Å². The monoisotopic (exact) mass is 290 g/mol. The van der Waals surface area contributed by atoms with Crippen LogP contribution in [0.1, 0.15) is 5.56 Å². The molecule has 1 unspecified atom stereocenters. The van der Waals surface area contributed by atoms with E-state index in [1.807, 2.05) is 53.4 Å². The van der Waals surface area contributed by atoms with E-state index >= 15 is 0 Å². The van der Waals surface area contributed by atoms with Crippen molar-refractivity contribution in [2.45, 2.75) is 5.75 Å². The molecule has 106 valence electrons. The molecule has 0 N–H and O–H groups in total. The van der Waals surface area contributed by atoms with Gasteiger partial charge in [0.15, 0.2) is 0 Å². The summed E-state index contributed by atoms with van der Waals surface area (Å²) in [6.07, 6.45) is 3.90. The summed E-state index contributed by atoms with van der Waals surface area (Å²) in [6, 6.07) is 11.7. The molecule has 1 amide bonds. The number of nitrogens with zero attached hydrogens (tertiary/aromatic N) is 2. The van der Waals surface area contributed by atoms with Gasteiger partial charge in [-0.2, -0.15) is 0 Å². The molecular formula is C15H18N2O2S. The summed E-state index contributed by atoms with van der Waals surface area (Å²) in [6.45, 7) is 0. The predicted molar refractivity (Wildman–Crippen MR) is 81.2 cm³/mol. The maximum Gasteiger partial charge on any atom is 0.234 e. The number of hydrogen-bond acceptors (Lipinski definition) is 2. The summed E-state index contributed by atoms with van der Waals surface area (Å²) in [5.74, 6) is 0.336. The number of carbonyl (C=O) groups excluding carboxylic acids is 1. The molecule has 0 radical (unpaired) electrons. The molecule has 0 saturated carbocycles. The average Bonchev–Trinajstić information content (AvgIpc) is 2.92. The van der Waals surface area contributed by atoms with Gasteiger partial charge in [-0.3, -0.25) is 9.00 Å². The van der Waals surface area contributed by atoms with E-state index in [1.54, 1.807) is 14.1 Å². The SMILES string of the molecule is CN(C)C(=O)CS(=O)Cc1ccccc1-n1cccc1. The lowest BCUT2D eigenvalue weighted by Crippen LogP contribution is -2.27. The Morgan fingerprint density at radius 2 is 1.80 bits per heavy atom. The van der Waals surface area contributed by atoms with Crippen molar-refractivity contribution in [3.05, 3.63) is 54.4 Å². The molecule has 4 nitrogen and oxygen atoms in total. The molecule has 20 heavy (non-hydrogen) atoms. The molecule has 2 rings (SSSR count). The second kappa shape index (κ2) is 6.52. The molecule has 0 aliphatic heterocycles. The fourth-order valence-corrected chi connectivity index (χ4v) is 3.10. The number of hydrogen-bond donors (Lipinski definition) is 0. The second-order valence-corrected chi connectivity index (χ2v) is 6.19. The highest BCUT2D eigenvalue weighted by Gasteiger charge is 2.12. The van der Waals surface area contributed by atoms with Gasteiger partial charge in [-0.1, -0.05) is 18.2 Å². The van der Waals surface area contributed by atoms with Crippen LogP contribution in [0.15, 0.2) is 48.8 Å². The maximum atomic E-state index is 12.1. The Morgan fingerprint density at radius 3 is 2.45 bits per heavy atom. The average molecular weight is 290 g/mol. The van der Waals surface area contributed by atoms with E-state index in [4.69, 9.17) is 0 Å². The molecule has 5 heteroatoms. The summed E-state index contributed by atoms with van der Waals surface area (Å²) in [7, 11) is 2.15. The standard InChI is InChI=1S/C15H18N2O2S/c1-16(2)15(18)12-20(19)11-13-7-3-4-8-14(13)17-9-5-6-10-17/h3-10H,11-12H2,1-2H3. The quantitative estimate of drug-likeness (QED) is 0.843. The zero-order valence-electron chi connectivity index (χ0n) is 11.7. The Bertz CT molecular complexity index is 606. The van der Waals surface area contributed by atoms with Crippen molar-refractivity contribution in [3.8, 4) is 5.69 Å². The summed E-state index contributed by atoms with van der Waals surface area (Å²) in [5.41, 5.74) is 1.98. The van der Waals surface area contributed by atoms with E-state index in [9.17, 15) is 9.00 Å². The molecule has 0 spiro atoms. The number of para-hydroxylation sites is 1. The van der Waals surface area contributed by atoms with Crippen LogP contribution in [0, 0.1) is 0 Å². The lowest BCUT2D eigenvalue weighted by Gasteiger charge is -2.12. The topological polar surface area (TPSA) is 42.3 Å². The minimum atomic E-state index is -1.20. The lowest BCUT2D eigenvalue weighted by molar-refractivity contribution is -0.125. The van der Waals surface area contributed by atoms with E-state index in [-0.39, 0.29) is 11.7 Å². The summed E-state index contributed by atoms with van der Waals surface area (Å²) >= 11 is 0. The Balaban J connectivity index is 2.14. The highest BCUT2D eigenvalue weighted by Crippen LogP contribution is 2.16. The highest BCUT2D eigenvalue weighted by molar-refractivity contribution is 7.84. The first-order valence-corrected chi connectivity index (χ1v) is 7.83. The lowest BCUT2D eigenvalue weighted by atomic mass is 10.2. The number of rotatable bonds is 5. The molecule has 0 saturated heterocycles. The Labute approximate surface area is 121 Å². The highest BCUT2D eigenvalue weighted by atomic mass is 32.2. The van der Waals surface area contributed by atoms with Crippen LogP contribution in [0.25, 0.3) is 5.69 Å². The molecule has 1 aromatic carbocycles. The minimum absolute atomic E-state index is 0.0625. The van der Waals surface area contributed by atoms with Crippen LogP contribution >= 0.6 is 0 Å². The van der Waals surface area contributed by atoms with Crippen LogP contribution < -0.4 is 0 Å². The molecular weight excluding hydrogens is 272 g/mol. The summed E-state index contributed by atoms with van der Waals surface area (Å²) in [4.78, 5) is 13.1. The van der Waals surface area contributed by atoms with Crippen LogP contribution in [-0.4, -0.2) is 39.4 Å². The smallest absolute Gasteiger partial charge is 0.234 e. The summed E-state index contributed by atoms with van der Waals surface area (Å²) < 4.78 is 14.1. The fraction of sp³-hybridized carbons (Fsp3) is 0.267. The van der Waals surface area contributed by atoms with E-state index in [2.05, 4.69) is 0 Å². The number of aromatic nitrogens is 1. The van der Waals surface area contributed by atoms with Gasteiger partial charge < -0.3 is 9.47 Å². The molecule has 1 aromatic heterocycles. The van der Waals surface area contributed by atoms with Crippen LogP contribution in [0.2, 0.25) is 0 Å². The molecule has 1 atom stereocenters.